The molecule has 1 aromatic carbocycles. The van der Waals surface area contributed by atoms with Gasteiger partial charge in [0.15, 0.2) is 5.79 Å². The van der Waals surface area contributed by atoms with Crippen molar-refractivity contribution in [3.05, 3.63) is 72.4 Å². The van der Waals surface area contributed by atoms with Crippen molar-refractivity contribution in [1.29, 1.82) is 0 Å². The van der Waals surface area contributed by atoms with E-state index in [1.807, 2.05) is 4.90 Å². The summed E-state index contributed by atoms with van der Waals surface area (Å²) in [6.45, 7) is 12.4. The predicted octanol–water partition coefficient (Wildman–Crippen LogP) is 0.554. The van der Waals surface area contributed by atoms with Gasteiger partial charge < -0.3 is 88.7 Å². The highest BCUT2D eigenvalue weighted by atomic mass is 16.8. The minimum Gasteiger partial charge on any atom is -0.391 e. The number of fused-ring (bicyclic) bond motifs is 6. The lowest BCUT2D eigenvalue weighted by atomic mass is 9.81. The second-order valence-electron chi connectivity index (χ2n) is 29.2. The molecule has 12 aliphatic heterocycles. The highest BCUT2D eigenvalue weighted by molar-refractivity contribution is 6.13. The van der Waals surface area contributed by atoms with Gasteiger partial charge in [-0.25, -0.2) is 0 Å². The van der Waals surface area contributed by atoms with Crippen LogP contribution in [0.5, 0.6) is 0 Å². The standard InChI is InChI=1S/C73H102N8O21/c1-42-30-48-10-12-53-43(2)31-50(95-53)16-19-73-37-58-68(101-73)69-70(100-58)71(102-73)67-54(99-69)13-11-49(97-67)33-46(82)34-51-56(36-55(96-48)44(42)3)98-57(66(51)92-4)35-47(83)38-74-61(86)40-77-72(91)52(32-45-8-6-5-7-9-45)78-62(87)41-76-60(85)39-75-59(84)17-20-79-22-26-93-28-24-80(25-29-94-27-23-79)63(88)18-21-81-64(89)14-15-65(81)90/h5-9,14-15,42,47-58,66-71,83H,2-3,10-13,16-41H2,1,4H3,(H,74,86)(H,75,84)(H,76,85)(H,77,91)(H,78,87)/t42-,47+,48+,49-,50+,51+,52+,53+,54+,55-,56+,57-,58-,66-,67+,68+,69?,70?,71+,73+/m1/s1. The molecule has 11 fully saturated rings. The molecule has 20 atom stereocenters. The number of benzene rings is 1. The van der Waals surface area contributed by atoms with Crippen LogP contribution in [-0.2, 0) is 102 Å². The molecule has 560 valence electrons. The second-order valence-corrected chi connectivity index (χ2v) is 29.2. The van der Waals surface area contributed by atoms with Gasteiger partial charge in [-0.1, -0.05) is 50.4 Å². The molecular weight excluding hydrogens is 1320 g/mol. The maximum Gasteiger partial charge on any atom is 0.253 e. The van der Waals surface area contributed by atoms with Gasteiger partial charge >= 0.3 is 0 Å². The summed E-state index contributed by atoms with van der Waals surface area (Å²) in [5.74, 6) is -5.38. The summed E-state index contributed by atoms with van der Waals surface area (Å²) in [6.07, 6.45) is 3.24. The van der Waals surface area contributed by atoms with E-state index in [4.69, 9.17) is 52.1 Å². The van der Waals surface area contributed by atoms with Crippen LogP contribution in [0.25, 0.3) is 0 Å². The zero-order valence-corrected chi connectivity index (χ0v) is 58.6. The van der Waals surface area contributed by atoms with Crippen molar-refractivity contribution in [3.8, 4) is 0 Å². The van der Waals surface area contributed by atoms with Crippen LogP contribution in [0.1, 0.15) is 109 Å². The molecule has 13 rings (SSSR count). The Morgan fingerprint density at radius 2 is 1.31 bits per heavy atom. The number of amides is 8. The molecule has 8 amide bonds. The highest BCUT2D eigenvalue weighted by Gasteiger charge is 2.69. The number of hydrogen-bond acceptors (Lipinski definition) is 22. The van der Waals surface area contributed by atoms with Gasteiger partial charge in [0.1, 0.15) is 42.3 Å². The SMILES string of the molecule is C=C1C[C@@H]2CC[C@@]34C[C@H]5OC6C(O[C@H]7CC[C@H](CC(=O)C[C@@H]8[C@@H](OC)[C@@H](C[C@H](O)CNC(=O)CNC(=O)[C@H](Cc9ccccc9)NC(=O)CNC(=O)CNC(=O)CCN9CCOCCN(C(=O)CCN%10C(=O)C=CC%10=O)CCOCC9)O[C@H]8C[C@H]8O[C@@H](CC[C@@H]1O2)C[C@@H](C)C8=C)O[C@@H]7[C@@H]6O3)[C@H]5O4. The number of carbonyl (C=O) groups is 9. The Morgan fingerprint density at radius 3 is 2.08 bits per heavy atom. The lowest BCUT2D eigenvalue weighted by molar-refractivity contribution is -0.292. The molecule has 102 heavy (non-hydrogen) atoms. The highest BCUT2D eigenvalue weighted by Crippen LogP contribution is 2.54. The summed E-state index contributed by atoms with van der Waals surface area (Å²) in [4.78, 5) is 122. The smallest absolute Gasteiger partial charge is 0.253 e. The average Bonchev–Trinajstić information content (AvgIpc) is 1.55. The van der Waals surface area contributed by atoms with Gasteiger partial charge in [0.2, 0.25) is 35.4 Å². The van der Waals surface area contributed by atoms with Gasteiger partial charge in [-0.2, -0.15) is 0 Å². The maximum atomic E-state index is 14.6. The first-order valence-corrected chi connectivity index (χ1v) is 36.7. The Morgan fingerprint density at radius 1 is 0.647 bits per heavy atom. The lowest BCUT2D eigenvalue weighted by Gasteiger charge is -2.47. The first-order chi connectivity index (χ1) is 49.2. The molecule has 1 spiro atoms. The molecule has 12 aliphatic rings. The van der Waals surface area contributed by atoms with E-state index in [0.29, 0.717) is 70.5 Å². The van der Waals surface area contributed by atoms with Crippen molar-refractivity contribution in [2.45, 2.75) is 219 Å². The predicted molar refractivity (Wildman–Crippen MR) is 361 cm³/mol. The molecule has 0 saturated carbocycles. The Hall–Kier alpha value is -6.45. The van der Waals surface area contributed by atoms with Crippen molar-refractivity contribution < 1.29 is 100 Å². The van der Waals surface area contributed by atoms with E-state index >= 15 is 0 Å². The summed E-state index contributed by atoms with van der Waals surface area (Å²) in [6, 6.07) is 7.74. The van der Waals surface area contributed by atoms with Crippen molar-refractivity contribution >= 4 is 53.0 Å². The quantitative estimate of drug-likeness (QED) is 0.0723. The maximum absolute atomic E-state index is 14.6. The molecule has 29 nitrogen and oxygen atoms in total. The van der Waals surface area contributed by atoms with E-state index in [9.17, 15) is 48.3 Å². The topological polar surface area (TPSA) is 345 Å². The number of ether oxygens (including phenoxy) is 11. The fourth-order valence-corrected chi connectivity index (χ4v) is 16.6. The van der Waals surface area contributed by atoms with Crippen LogP contribution in [-0.4, -0.2) is 281 Å². The van der Waals surface area contributed by atoms with Crippen molar-refractivity contribution in [1.82, 2.24) is 41.3 Å². The number of Topliss-reactive ketones (excluding diaryl/α,β-unsaturated/α-hetero) is 1. The minimum atomic E-state index is -1.17. The first-order valence-electron chi connectivity index (χ1n) is 36.7. The number of aliphatic hydroxyl groups excluding tert-OH is 1. The zero-order chi connectivity index (χ0) is 71.6. The van der Waals surface area contributed by atoms with Crippen LogP contribution >= 0.6 is 0 Å². The number of hydrogen-bond donors (Lipinski definition) is 6. The van der Waals surface area contributed by atoms with Crippen LogP contribution in [0.2, 0.25) is 0 Å². The monoisotopic (exact) mass is 1430 g/mol. The number of nitrogens with zero attached hydrogens (tertiary/aromatic N) is 3. The minimum absolute atomic E-state index is 0.0165. The number of methoxy groups -OCH3 is 1. The van der Waals surface area contributed by atoms with Gasteiger partial charge in [-0.15, -0.1) is 0 Å². The second kappa shape index (κ2) is 34.6. The normalized spacial score (nSPS) is 34.9. The van der Waals surface area contributed by atoms with E-state index < -0.39 is 121 Å². The summed E-state index contributed by atoms with van der Waals surface area (Å²) in [5.41, 5.74) is 2.72. The van der Waals surface area contributed by atoms with Crippen molar-refractivity contribution in [3.63, 3.8) is 0 Å². The van der Waals surface area contributed by atoms with E-state index in [2.05, 4.69) is 46.7 Å². The molecule has 0 radical (unpaired) electrons. The van der Waals surface area contributed by atoms with Crippen molar-refractivity contribution in [2.24, 2.45) is 11.8 Å². The molecule has 6 N–H and O–H groups in total. The van der Waals surface area contributed by atoms with Gasteiger partial charge in [-0.3, -0.25) is 53.0 Å². The van der Waals surface area contributed by atoms with Crippen LogP contribution < -0.4 is 26.6 Å². The summed E-state index contributed by atoms with van der Waals surface area (Å²) in [5, 5.41) is 24.6. The third kappa shape index (κ3) is 19.0. The molecule has 12 heterocycles. The number of rotatable bonds is 21. The van der Waals surface area contributed by atoms with Gasteiger partial charge in [0.25, 0.3) is 11.8 Å². The first kappa shape index (κ1) is 75.2. The molecule has 12 bridgehead atoms. The third-order valence-electron chi connectivity index (χ3n) is 22.1. The fraction of sp³-hybridized carbons (Fsp3) is 0.712. The van der Waals surface area contributed by atoms with Gasteiger partial charge in [0.05, 0.1) is 113 Å². The number of carbonyl (C=O) groups excluding carboxylic acids is 9. The fourth-order valence-electron chi connectivity index (χ4n) is 16.6. The van der Waals surface area contributed by atoms with Crippen LogP contribution in [0.3, 0.4) is 0 Å². The number of aliphatic hydroxyl groups is 1. The van der Waals surface area contributed by atoms with Crippen LogP contribution in [0.4, 0.5) is 0 Å². The van der Waals surface area contributed by atoms with E-state index in [1.165, 1.54) is 12.2 Å². The van der Waals surface area contributed by atoms with E-state index in [1.54, 1.807) is 42.3 Å². The molecular formula is C73H102N8O21. The Bertz CT molecular complexity index is 3200. The van der Waals surface area contributed by atoms with Crippen molar-refractivity contribution in [2.75, 3.05) is 99.0 Å². The summed E-state index contributed by atoms with van der Waals surface area (Å²) < 4.78 is 72.5. The van der Waals surface area contributed by atoms with Gasteiger partial charge in [-0.05, 0) is 67.6 Å². The van der Waals surface area contributed by atoms with Crippen LogP contribution in [0.15, 0.2) is 66.8 Å². The lowest BCUT2D eigenvalue weighted by Crippen LogP contribution is -2.61. The summed E-state index contributed by atoms with van der Waals surface area (Å²) >= 11 is 0. The third-order valence-corrected chi connectivity index (χ3v) is 22.1. The van der Waals surface area contributed by atoms with Crippen LogP contribution in [0, 0.1) is 11.8 Å². The average molecular weight is 1430 g/mol. The molecule has 0 aliphatic carbocycles. The molecule has 29 heteroatoms. The zero-order valence-electron chi connectivity index (χ0n) is 58.6. The Balaban J connectivity index is 0.596. The molecule has 0 aromatic heterocycles. The van der Waals surface area contributed by atoms with Gasteiger partial charge in [0, 0.05) is 129 Å². The van der Waals surface area contributed by atoms with E-state index in [0.717, 1.165) is 48.2 Å². The molecule has 2 unspecified atom stereocenters. The molecule has 11 saturated heterocycles. The van der Waals surface area contributed by atoms with E-state index in [-0.39, 0.29) is 150 Å². The summed E-state index contributed by atoms with van der Waals surface area (Å²) in [7, 11) is 1.57. The largest absolute Gasteiger partial charge is 0.391 e. The number of imide groups is 1. The Labute approximate surface area is 594 Å². The number of ketones is 1. The number of nitrogens with one attached hydrogen (secondary N) is 5. The molecule has 1 aromatic rings. The Kier molecular flexibility index (Phi) is 25.6.